The molecule has 0 radical (unpaired) electrons. The first-order valence-corrected chi connectivity index (χ1v) is 5.29. The molecule has 1 rings (SSSR count). The van der Waals surface area contributed by atoms with Crippen LogP contribution < -0.4 is 0 Å². The van der Waals surface area contributed by atoms with Crippen LogP contribution in [0.4, 0.5) is 0 Å². The molecule has 0 heterocycles. The fraction of sp³-hybridized carbons (Fsp3) is 1.00. The van der Waals surface area contributed by atoms with Crippen molar-refractivity contribution in [2.24, 2.45) is 22.7 Å². The van der Waals surface area contributed by atoms with Gasteiger partial charge in [0.15, 0.2) is 0 Å². The molecule has 0 unspecified atom stereocenters. The largest absolute Gasteiger partial charge is 0.0625 e. The molecule has 0 spiro atoms. The fourth-order valence-corrected chi connectivity index (χ4v) is 3.13. The van der Waals surface area contributed by atoms with E-state index in [-0.39, 0.29) is 0 Å². The average Bonchev–Trinajstić information content (AvgIpc) is 1.76. The second kappa shape index (κ2) is 2.75. The highest BCUT2D eigenvalue weighted by Crippen LogP contribution is 2.60. The molecule has 72 valence electrons. The number of rotatable bonds is 1. The van der Waals surface area contributed by atoms with Crippen molar-refractivity contribution < 1.29 is 0 Å². The highest BCUT2D eigenvalue weighted by atomic mass is 14.6. The Morgan fingerprint density at radius 3 is 1.67 bits per heavy atom. The van der Waals surface area contributed by atoms with E-state index in [1.165, 1.54) is 12.8 Å². The fourth-order valence-electron chi connectivity index (χ4n) is 3.13. The second-order valence-electron chi connectivity index (χ2n) is 6.07. The van der Waals surface area contributed by atoms with E-state index in [1.54, 1.807) is 0 Å². The summed E-state index contributed by atoms with van der Waals surface area (Å²) in [5.74, 6) is 1.81. The molecule has 1 saturated carbocycles. The van der Waals surface area contributed by atoms with Gasteiger partial charge in [0.1, 0.15) is 0 Å². The van der Waals surface area contributed by atoms with Gasteiger partial charge in [-0.1, -0.05) is 41.5 Å². The molecule has 0 aromatic carbocycles. The Balaban J connectivity index is 2.77. The lowest BCUT2D eigenvalue weighted by molar-refractivity contribution is -0.0844. The normalized spacial score (nSPS) is 36.8. The van der Waals surface area contributed by atoms with Gasteiger partial charge < -0.3 is 0 Å². The Morgan fingerprint density at radius 1 is 1.17 bits per heavy atom. The first kappa shape index (κ1) is 10.1. The van der Waals surface area contributed by atoms with Gasteiger partial charge >= 0.3 is 0 Å². The third-order valence-electron chi connectivity index (χ3n) is 4.02. The van der Waals surface area contributed by atoms with Gasteiger partial charge in [-0.3, -0.25) is 0 Å². The zero-order valence-electron chi connectivity index (χ0n) is 9.57. The Kier molecular flexibility index (Phi) is 2.31. The van der Waals surface area contributed by atoms with Crippen LogP contribution in [0.3, 0.4) is 0 Å². The summed E-state index contributed by atoms with van der Waals surface area (Å²) in [6, 6.07) is 0. The van der Waals surface area contributed by atoms with Crippen molar-refractivity contribution in [3.8, 4) is 0 Å². The topological polar surface area (TPSA) is 0 Å². The first-order valence-electron chi connectivity index (χ1n) is 5.29. The Labute approximate surface area is 77.7 Å². The van der Waals surface area contributed by atoms with E-state index in [4.69, 9.17) is 0 Å². The van der Waals surface area contributed by atoms with E-state index < -0.39 is 0 Å². The third-order valence-corrected chi connectivity index (χ3v) is 4.02. The minimum atomic E-state index is 0.494. The second-order valence-corrected chi connectivity index (χ2v) is 6.07. The summed E-state index contributed by atoms with van der Waals surface area (Å²) in [5, 5.41) is 0. The van der Waals surface area contributed by atoms with Crippen molar-refractivity contribution in [3.63, 3.8) is 0 Å². The molecule has 1 aliphatic carbocycles. The van der Waals surface area contributed by atoms with Crippen molar-refractivity contribution in [2.75, 3.05) is 0 Å². The van der Waals surface area contributed by atoms with E-state index >= 15 is 0 Å². The van der Waals surface area contributed by atoms with Crippen LogP contribution >= 0.6 is 0 Å². The minimum Gasteiger partial charge on any atom is -0.0625 e. The molecular formula is C12H24. The highest BCUT2D eigenvalue weighted by Gasteiger charge is 2.51. The molecule has 1 aliphatic rings. The third kappa shape index (κ3) is 1.30. The predicted molar refractivity (Wildman–Crippen MR) is 55.1 cm³/mol. The highest BCUT2D eigenvalue weighted by molar-refractivity contribution is 5.01. The number of hydrogen-bond donors (Lipinski definition) is 0. The number of hydrogen-bond acceptors (Lipinski definition) is 0. The molecule has 0 aromatic heterocycles. The van der Waals surface area contributed by atoms with Gasteiger partial charge in [0.2, 0.25) is 0 Å². The molecule has 0 heteroatoms. The van der Waals surface area contributed by atoms with E-state index in [0.717, 1.165) is 11.8 Å². The lowest BCUT2D eigenvalue weighted by atomic mass is 9.47. The van der Waals surface area contributed by atoms with Crippen LogP contribution in [0.25, 0.3) is 0 Å². The molecule has 0 aliphatic heterocycles. The van der Waals surface area contributed by atoms with E-state index in [2.05, 4.69) is 41.5 Å². The standard InChI is InChI=1S/C12H24/c1-9(2)12(11(4,5)6)7-10(3)8-12/h9-10H,7-8H2,1-6H3. The van der Waals surface area contributed by atoms with Gasteiger partial charge in [-0.15, -0.1) is 0 Å². The Bertz CT molecular complexity index is 153. The van der Waals surface area contributed by atoms with Crippen LogP contribution in [-0.4, -0.2) is 0 Å². The summed E-state index contributed by atoms with van der Waals surface area (Å²) < 4.78 is 0. The first-order chi connectivity index (χ1) is 5.29. The molecule has 0 nitrogen and oxygen atoms in total. The molecule has 1 fully saturated rings. The van der Waals surface area contributed by atoms with E-state index in [1.807, 2.05) is 0 Å². The monoisotopic (exact) mass is 168 g/mol. The van der Waals surface area contributed by atoms with Crippen molar-refractivity contribution in [3.05, 3.63) is 0 Å². The van der Waals surface area contributed by atoms with Crippen LogP contribution in [0.5, 0.6) is 0 Å². The van der Waals surface area contributed by atoms with Gasteiger partial charge in [-0.05, 0) is 35.5 Å². The van der Waals surface area contributed by atoms with Gasteiger partial charge in [-0.25, -0.2) is 0 Å². The van der Waals surface area contributed by atoms with Gasteiger partial charge in [0.25, 0.3) is 0 Å². The molecule has 12 heavy (non-hydrogen) atoms. The zero-order chi connectivity index (χ0) is 9.57. The van der Waals surface area contributed by atoms with Crippen molar-refractivity contribution in [1.82, 2.24) is 0 Å². The zero-order valence-corrected chi connectivity index (χ0v) is 9.57. The average molecular weight is 168 g/mol. The van der Waals surface area contributed by atoms with E-state index in [9.17, 15) is 0 Å². The van der Waals surface area contributed by atoms with E-state index in [0.29, 0.717) is 10.8 Å². The maximum atomic E-state index is 2.40. The van der Waals surface area contributed by atoms with Gasteiger partial charge in [-0.2, -0.15) is 0 Å². The summed E-state index contributed by atoms with van der Waals surface area (Å²) in [6.45, 7) is 14.4. The molecule has 0 saturated heterocycles. The lowest BCUT2D eigenvalue weighted by Gasteiger charge is -2.58. The summed E-state index contributed by atoms with van der Waals surface area (Å²) in [7, 11) is 0. The van der Waals surface area contributed by atoms with Crippen LogP contribution in [0.2, 0.25) is 0 Å². The molecular weight excluding hydrogens is 144 g/mol. The molecule has 0 bridgehead atoms. The van der Waals surface area contributed by atoms with Crippen LogP contribution in [0, 0.1) is 22.7 Å². The molecule has 0 aromatic rings. The van der Waals surface area contributed by atoms with Crippen LogP contribution in [0.1, 0.15) is 54.4 Å². The summed E-state index contributed by atoms with van der Waals surface area (Å²) >= 11 is 0. The molecule has 0 amide bonds. The summed E-state index contributed by atoms with van der Waals surface area (Å²) in [5.41, 5.74) is 1.13. The maximum Gasteiger partial charge on any atom is -0.0221 e. The summed E-state index contributed by atoms with van der Waals surface area (Å²) in [6.07, 6.45) is 2.88. The van der Waals surface area contributed by atoms with Crippen LogP contribution in [0.15, 0.2) is 0 Å². The smallest absolute Gasteiger partial charge is 0.0221 e. The maximum absolute atomic E-state index is 2.40. The molecule has 0 N–H and O–H groups in total. The van der Waals surface area contributed by atoms with Crippen molar-refractivity contribution >= 4 is 0 Å². The van der Waals surface area contributed by atoms with Crippen molar-refractivity contribution in [2.45, 2.75) is 54.4 Å². The SMILES string of the molecule is CC1CC(C(C)C)(C(C)(C)C)C1. The van der Waals surface area contributed by atoms with Gasteiger partial charge in [0.05, 0.1) is 0 Å². The summed E-state index contributed by atoms with van der Waals surface area (Å²) in [4.78, 5) is 0. The quantitative estimate of drug-likeness (QED) is 0.553. The van der Waals surface area contributed by atoms with Crippen LogP contribution in [-0.2, 0) is 0 Å². The van der Waals surface area contributed by atoms with Gasteiger partial charge in [0, 0.05) is 0 Å². The predicted octanol–water partition coefficient (Wildman–Crippen LogP) is 4.10. The Hall–Kier alpha value is 0. The minimum absolute atomic E-state index is 0.494. The van der Waals surface area contributed by atoms with Crippen molar-refractivity contribution in [1.29, 1.82) is 0 Å². The molecule has 0 atom stereocenters. The Morgan fingerprint density at radius 2 is 1.58 bits per heavy atom. The lowest BCUT2D eigenvalue weighted by Crippen LogP contribution is -2.49.